The van der Waals surface area contributed by atoms with Crippen molar-refractivity contribution < 1.29 is 4.74 Å². The van der Waals surface area contributed by atoms with Crippen LogP contribution in [0.3, 0.4) is 0 Å². The summed E-state index contributed by atoms with van der Waals surface area (Å²) in [6, 6.07) is 7.85. The number of rotatable bonds is 5. The molecule has 2 aromatic rings. The summed E-state index contributed by atoms with van der Waals surface area (Å²) in [5.74, 6) is 0.730. The van der Waals surface area contributed by atoms with Gasteiger partial charge in [0, 0.05) is 28.6 Å². The van der Waals surface area contributed by atoms with E-state index < -0.39 is 0 Å². The number of fused-ring (bicyclic) bond motifs is 1. The molecule has 2 heterocycles. The zero-order chi connectivity index (χ0) is 17.9. The van der Waals surface area contributed by atoms with Gasteiger partial charge in [0.1, 0.15) is 5.03 Å². The zero-order valence-corrected chi connectivity index (χ0v) is 16.3. The van der Waals surface area contributed by atoms with E-state index in [4.69, 9.17) is 16.3 Å². The maximum atomic E-state index is 12.7. The molecule has 0 amide bonds. The smallest absolute Gasteiger partial charge is 0.348 e. The van der Waals surface area contributed by atoms with Crippen LogP contribution < -0.4 is 5.69 Å². The number of aromatic nitrogens is 2. The van der Waals surface area contributed by atoms with Crippen LogP contribution in [0.15, 0.2) is 34.1 Å². The standard InChI is InChI=1S/C20H23ClN2O2S/c21-17-9-3-1-6-14(17)13-26-19-16-8-2-4-10-18(16)23(20(24)22-19)12-15-7-5-11-25-15/h1,3,6,9,15H,2,4-5,7-8,10-13H2. The molecule has 6 heteroatoms. The van der Waals surface area contributed by atoms with Crippen LogP contribution in [0.25, 0.3) is 0 Å². The van der Waals surface area contributed by atoms with Crippen molar-refractivity contribution in [3.63, 3.8) is 0 Å². The fourth-order valence-corrected chi connectivity index (χ4v) is 5.17. The lowest BCUT2D eigenvalue weighted by molar-refractivity contribution is 0.0947. The van der Waals surface area contributed by atoms with Crippen LogP contribution >= 0.6 is 23.4 Å². The SMILES string of the molecule is O=c1nc(SCc2ccccc2Cl)c2c(n1CC1CCCO1)CCCC2. The van der Waals surface area contributed by atoms with Crippen LogP contribution in [0.2, 0.25) is 5.02 Å². The van der Waals surface area contributed by atoms with Gasteiger partial charge in [0.2, 0.25) is 0 Å². The molecule has 0 bridgehead atoms. The molecule has 4 nitrogen and oxygen atoms in total. The maximum absolute atomic E-state index is 12.7. The van der Waals surface area contributed by atoms with Crippen molar-refractivity contribution >= 4 is 23.4 Å². The van der Waals surface area contributed by atoms with Gasteiger partial charge in [-0.1, -0.05) is 29.8 Å². The average Bonchev–Trinajstić information content (AvgIpc) is 3.17. The van der Waals surface area contributed by atoms with Crippen LogP contribution in [0, 0.1) is 0 Å². The molecule has 1 aliphatic carbocycles. The van der Waals surface area contributed by atoms with Crippen molar-refractivity contribution in [2.45, 2.75) is 62.0 Å². The van der Waals surface area contributed by atoms with Crippen LogP contribution in [-0.2, 0) is 29.9 Å². The Morgan fingerprint density at radius 2 is 2.08 bits per heavy atom. The Labute approximate surface area is 162 Å². The van der Waals surface area contributed by atoms with Gasteiger partial charge in [-0.3, -0.25) is 4.57 Å². The third kappa shape index (κ3) is 3.85. The summed E-state index contributed by atoms with van der Waals surface area (Å²) in [6.45, 7) is 1.45. The molecule has 0 saturated carbocycles. The summed E-state index contributed by atoms with van der Waals surface area (Å²) < 4.78 is 7.62. The zero-order valence-electron chi connectivity index (χ0n) is 14.7. The molecule has 0 radical (unpaired) electrons. The van der Waals surface area contributed by atoms with Gasteiger partial charge in [0.25, 0.3) is 0 Å². The largest absolute Gasteiger partial charge is 0.376 e. The Bertz CT molecular complexity index is 846. The van der Waals surface area contributed by atoms with Crippen molar-refractivity contribution in [3.05, 3.63) is 56.6 Å². The molecule has 0 N–H and O–H groups in total. The fourth-order valence-electron chi connectivity index (χ4n) is 3.81. The first kappa shape index (κ1) is 18.1. The van der Waals surface area contributed by atoms with Crippen molar-refractivity contribution in [1.82, 2.24) is 9.55 Å². The minimum Gasteiger partial charge on any atom is -0.376 e. The highest BCUT2D eigenvalue weighted by Gasteiger charge is 2.24. The summed E-state index contributed by atoms with van der Waals surface area (Å²) in [5, 5.41) is 1.65. The number of thioether (sulfide) groups is 1. The quantitative estimate of drug-likeness (QED) is 0.565. The van der Waals surface area contributed by atoms with Gasteiger partial charge in [0.05, 0.1) is 12.6 Å². The third-order valence-electron chi connectivity index (χ3n) is 5.18. The molecule has 4 rings (SSSR count). The van der Waals surface area contributed by atoms with E-state index in [0.29, 0.717) is 6.54 Å². The van der Waals surface area contributed by atoms with Gasteiger partial charge in [-0.05, 0) is 50.2 Å². The number of hydrogen-bond donors (Lipinski definition) is 0. The second-order valence-electron chi connectivity index (χ2n) is 6.96. The summed E-state index contributed by atoms with van der Waals surface area (Å²) >= 11 is 7.90. The Morgan fingerprint density at radius 1 is 1.23 bits per heavy atom. The van der Waals surface area contributed by atoms with Gasteiger partial charge in [-0.2, -0.15) is 4.98 Å². The van der Waals surface area contributed by atoms with Gasteiger partial charge in [-0.25, -0.2) is 4.79 Å². The van der Waals surface area contributed by atoms with Crippen molar-refractivity contribution in [2.75, 3.05) is 6.61 Å². The second kappa shape index (κ2) is 8.15. The topological polar surface area (TPSA) is 44.1 Å². The molecule has 1 saturated heterocycles. The Kier molecular flexibility index (Phi) is 5.67. The third-order valence-corrected chi connectivity index (χ3v) is 6.62. The van der Waals surface area contributed by atoms with Crippen LogP contribution in [0.1, 0.15) is 42.5 Å². The maximum Gasteiger partial charge on any atom is 0.348 e. The van der Waals surface area contributed by atoms with Gasteiger partial charge in [0.15, 0.2) is 0 Å². The first-order valence-corrected chi connectivity index (χ1v) is 10.7. The van der Waals surface area contributed by atoms with E-state index in [1.165, 1.54) is 11.3 Å². The van der Waals surface area contributed by atoms with E-state index in [2.05, 4.69) is 4.98 Å². The molecule has 138 valence electrons. The first-order valence-electron chi connectivity index (χ1n) is 9.33. The molecule has 2 aliphatic rings. The number of ether oxygens (including phenoxy) is 1. The molecule has 0 spiro atoms. The van der Waals surface area contributed by atoms with Gasteiger partial charge >= 0.3 is 5.69 Å². The summed E-state index contributed by atoms with van der Waals surface area (Å²) in [6.07, 6.45) is 6.52. The lowest BCUT2D eigenvalue weighted by Crippen LogP contribution is -2.33. The first-order chi connectivity index (χ1) is 12.7. The fraction of sp³-hybridized carbons (Fsp3) is 0.500. The molecule has 26 heavy (non-hydrogen) atoms. The van der Waals surface area contributed by atoms with Gasteiger partial charge < -0.3 is 4.74 Å². The van der Waals surface area contributed by atoms with E-state index in [1.54, 1.807) is 11.8 Å². The molecule has 1 aliphatic heterocycles. The number of benzene rings is 1. The Morgan fingerprint density at radius 3 is 2.88 bits per heavy atom. The molecule has 1 aromatic carbocycles. The number of hydrogen-bond acceptors (Lipinski definition) is 4. The van der Waals surface area contributed by atoms with Crippen molar-refractivity contribution in [3.8, 4) is 0 Å². The van der Waals surface area contributed by atoms with E-state index >= 15 is 0 Å². The number of nitrogens with zero attached hydrogens (tertiary/aromatic N) is 2. The predicted molar refractivity (Wildman–Crippen MR) is 105 cm³/mol. The molecule has 1 unspecified atom stereocenters. The Balaban J connectivity index is 1.62. The van der Waals surface area contributed by atoms with E-state index in [-0.39, 0.29) is 11.8 Å². The lowest BCUT2D eigenvalue weighted by Gasteiger charge is -2.24. The summed E-state index contributed by atoms with van der Waals surface area (Å²) in [5.41, 5.74) is 3.37. The minimum absolute atomic E-state index is 0.136. The second-order valence-corrected chi connectivity index (χ2v) is 8.33. The normalized spacial score (nSPS) is 19.5. The highest BCUT2D eigenvalue weighted by Crippen LogP contribution is 2.32. The van der Waals surface area contributed by atoms with Crippen molar-refractivity contribution in [1.29, 1.82) is 0 Å². The molecular weight excluding hydrogens is 368 g/mol. The van der Waals surface area contributed by atoms with Gasteiger partial charge in [-0.15, -0.1) is 11.8 Å². The van der Waals surface area contributed by atoms with E-state index in [1.807, 2.05) is 28.8 Å². The lowest BCUT2D eigenvalue weighted by atomic mass is 9.97. The molecule has 1 fully saturated rings. The minimum atomic E-state index is -0.136. The predicted octanol–water partition coefficient (Wildman–Crippen LogP) is 4.25. The summed E-state index contributed by atoms with van der Waals surface area (Å²) in [4.78, 5) is 17.2. The van der Waals surface area contributed by atoms with E-state index in [9.17, 15) is 4.79 Å². The van der Waals surface area contributed by atoms with Crippen LogP contribution in [-0.4, -0.2) is 22.3 Å². The molecule has 1 aromatic heterocycles. The summed E-state index contributed by atoms with van der Waals surface area (Å²) in [7, 11) is 0. The number of halogens is 1. The Hall–Kier alpha value is -1.30. The molecular formula is C20H23ClN2O2S. The monoisotopic (exact) mass is 390 g/mol. The van der Waals surface area contributed by atoms with E-state index in [0.717, 1.165) is 66.5 Å². The van der Waals surface area contributed by atoms with Crippen molar-refractivity contribution in [2.24, 2.45) is 0 Å². The highest BCUT2D eigenvalue weighted by atomic mass is 35.5. The van der Waals surface area contributed by atoms with Crippen LogP contribution in [0.4, 0.5) is 0 Å². The highest BCUT2D eigenvalue weighted by molar-refractivity contribution is 7.98. The van der Waals surface area contributed by atoms with Crippen LogP contribution in [0.5, 0.6) is 0 Å². The molecule has 1 atom stereocenters. The average molecular weight is 391 g/mol.